The third-order valence-electron chi connectivity index (χ3n) is 3.97. The molecule has 19 heavy (non-hydrogen) atoms. The van der Waals surface area contributed by atoms with Gasteiger partial charge in [-0.15, -0.1) is 0 Å². The number of H-pyrrole nitrogens is 1. The quantitative estimate of drug-likeness (QED) is 0.624. The summed E-state index contributed by atoms with van der Waals surface area (Å²) in [6.45, 7) is 7.09. The standard InChI is InChI=1S/C15H14N2O.CH4/c1-16-11-5-6-15-13(7-11)14(8-17-15)12-4-2-3-10(12)9-18;/h5-10,12,17H,2-4H2;1H4/t10-,12+;/m1./s1. The monoisotopic (exact) mass is 254 g/mol. The number of carbonyl (C=O) groups is 1. The van der Waals surface area contributed by atoms with Crippen molar-refractivity contribution >= 4 is 22.9 Å². The van der Waals surface area contributed by atoms with E-state index in [-0.39, 0.29) is 13.3 Å². The molecule has 2 atom stereocenters. The average Bonchev–Trinajstić information content (AvgIpc) is 3.03. The molecule has 3 heteroatoms. The molecule has 1 aliphatic rings. The number of carbonyl (C=O) groups excluding carboxylic acids is 1. The highest BCUT2D eigenvalue weighted by Crippen LogP contribution is 2.41. The van der Waals surface area contributed by atoms with Crippen LogP contribution in [0.4, 0.5) is 5.69 Å². The van der Waals surface area contributed by atoms with Gasteiger partial charge in [-0.05, 0) is 41.8 Å². The molecule has 0 amide bonds. The largest absolute Gasteiger partial charge is 0.361 e. The van der Waals surface area contributed by atoms with E-state index >= 15 is 0 Å². The first-order valence-corrected chi connectivity index (χ1v) is 6.27. The van der Waals surface area contributed by atoms with Crippen molar-refractivity contribution in [2.75, 3.05) is 0 Å². The number of aldehydes is 1. The summed E-state index contributed by atoms with van der Waals surface area (Å²) in [5.74, 6) is 0.456. The fourth-order valence-corrected chi connectivity index (χ4v) is 3.04. The average molecular weight is 254 g/mol. The number of fused-ring (bicyclic) bond motifs is 1. The number of rotatable bonds is 2. The molecule has 1 N–H and O–H groups in total. The molecule has 1 heterocycles. The fraction of sp³-hybridized carbons (Fsp3) is 0.375. The SMILES string of the molecule is C.[C-]#[N+]c1ccc2[nH]cc([C@H]3CCC[C@@H]3C=O)c2c1. The number of benzene rings is 1. The molecule has 0 radical (unpaired) electrons. The van der Waals surface area contributed by atoms with E-state index in [1.54, 1.807) is 0 Å². The highest BCUT2D eigenvalue weighted by Gasteiger charge is 2.29. The highest BCUT2D eigenvalue weighted by molar-refractivity contribution is 5.87. The van der Waals surface area contributed by atoms with E-state index in [0.717, 1.165) is 36.5 Å². The Morgan fingerprint density at radius 1 is 1.37 bits per heavy atom. The first-order chi connectivity index (χ1) is 8.83. The minimum absolute atomic E-state index is 0. The van der Waals surface area contributed by atoms with Gasteiger partial charge in [-0.25, -0.2) is 4.85 Å². The molecular weight excluding hydrogens is 236 g/mol. The van der Waals surface area contributed by atoms with Crippen LogP contribution in [0.25, 0.3) is 15.7 Å². The lowest BCUT2D eigenvalue weighted by molar-refractivity contribution is -0.111. The Bertz CT molecular complexity index is 636. The third kappa shape index (κ3) is 2.15. The van der Waals surface area contributed by atoms with Gasteiger partial charge in [-0.2, -0.15) is 0 Å². The lowest BCUT2D eigenvalue weighted by Crippen LogP contribution is -2.06. The number of nitrogens with zero attached hydrogens (tertiary/aromatic N) is 1. The fourth-order valence-electron chi connectivity index (χ4n) is 3.04. The van der Waals surface area contributed by atoms with E-state index in [2.05, 4.69) is 9.83 Å². The Hall–Kier alpha value is -2.08. The maximum Gasteiger partial charge on any atom is 0.187 e. The van der Waals surface area contributed by atoms with Gasteiger partial charge in [0.2, 0.25) is 0 Å². The number of aromatic amines is 1. The van der Waals surface area contributed by atoms with Gasteiger partial charge in [0.25, 0.3) is 0 Å². The van der Waals surface area contributed by atoms with Crippen LogP contribution in [0.2, 0.25) is 0 Å². The van der Waals surface area contributed by atoms with Crippen LogP contribution < -0.4 is 0 Å². The lowest BCUT2D eigenvalue weighted by Gasteiger charge is -2.13. The van der Waals surface area contributed by atoms with E-state index in [1.807, 2.05) is 24.4 Å². The van der Waals surface area contributed by atoms with Crippen molar-refractivity contribution in [3.05, 3.63) is 41.4 Å². The van der Waals surface area contributed by atoms with Crippen LogP contribution in [0.15, 0.2) is 24.4 Å². The Morgan fingerprint density at radius 3 is 2.95 bits per heavy atom. The second-order valence-electron chi connectivity index (χ2n) is 4.92. The van der Waals surface area contributed by atoms with Crippen molar-refractivity contribution in [2.24, 2.45) is 5.92 Å². The van der Waals surface area contributed by atoms with Crippen molar-refractivity contribution in [3.8, 4) is 0 Å². The molecular formula is C16H18N2O. The maximum atomic E-state index is 11.1. The third-order valence-corrected chi connectivity index (χ3v) is 3.97. The molecule has 0 spiro atoms. The maximum absolute atomic E-state index is 11.1. The zero-order chi connectivity index (χ0) is 12.5. The molecule has 3 nitrogen and oxygen atoms in total. The summed E-state index contributed by atoms with van der Waals surface area (Å²) in [4.78, 5) is 17.8. The Balaban J connectivity index is 0.00000133. The Kier molecular flexibility index (Phi) is 3.71. The number of nitrogens with one attached hydrogen (secondary N) is 1. The van der Waals surface area contributed by atoms with Crippen molar-refractivity contribution in [3.63, 3.8) is 0 Å². The van der Waals surface area contributed by atoms with E-state index in [4.69, 9.17) is 6.57 Å². The molecule has 1 fully saturated rings. The highest BCUT2D eigenvalue weighted by atomic mass is 16.1. The zero-order valence-electron chi connectivity index (χ0n) is 10.0. The van der Waals surface area contributed by atoms with Gasteiger partial charge in [0.05, 0.1) is 6.57 Å². The second kappa shape index (κ2) is 5.27. The smallest absolute Gasteiger partial charge is 0.187 e. The minimum Gasteiger partial charge on any atom is -0.361 e. The lowest BCUT2D eigenvalue weighted by atomic mass is 9.89. The predicted molar refractivity (Wildman–Crippen MR) is 77.4 cm³/mol. The molecule has 0 bridgehead atoms. The summed E-state index contributed by atoms with van der Waals surface area (Å²) in [6.07, 6.45) is 6.27. The molecule has 2 aromatic rings. The summed E-state index contributed by atoms with van der Waals surface area (Å²) < 4.78 is 0. The predicted octanol–water partition coefficient (Wildman–Crippen LogP) is 4.44. The van der Waals surface area contributed by atoms with Crippen LogP contribution in [0.3, 0.4) is 0 Å². The number of hydrogen-bond acceptors (Lipinski definition) is 1. The van der Waals surface area contributed by atoms with E-state index in [1.165, 1.54) is 5.56 Å². The van der Waals surface area contributed by atoms with Crippen LogP contribution in [-0.4, -0.2) is 11.3 Å². The summed E-state index contributed by atoms with van der Waals surface area (Å²) >= 11 is 0. The topological polar surface area (TPSA) is 37.2 Å². The van der Waals surface area contributed by atoms with Crippen LogP contribution in [0.5, 0.6) is 0 Å². The van der Waals surface area contributed by atoms with Gasteiger partial charge in [0.15, 0.2) is 5.69 Å². The first-order valence-electron chi connectivity index (χ1n) is 6.27. The number of aromatic nitrogens is 1. The van der Waals surface area contributed by atoms with Crippen molar-refractivity contribution in [1.29, 1.82) is 0 Å². The summed E-state index contributed by atoms with van der Waals surface area (Å²) in [5.41, 5.74) is 2.91. The van der Waals surface area contributed by atoms with Crippen molar-refractivity contribution < 1.29 is 4.79 Å². The molecule has 1 aromatic heterocycles. The van der Waals surface area contributed by atoms with Gasteiger partial charge < -0.3 is 9.78 Å². The minimum atomic E-state index is 0. The van der Waals surface area contributed by atoms with Gasteiger partial charge in [0.1, 0.15) is 6.29 Å². The van der Waals surface area contributed by atoms with Gasteiger partial charge in [0, 0.05) is 17.6 Å². The molecule has 98 valence electrons. The first kappa shape index (κ1) is 13.4. The summed E-state index contributed by atoms with van der Waals surface area (Å²) in [7, 11) is 0. The van der Waals surface area contributed by atoms with Crippen molar-refractivity contribution in [2.45, 2.75) is 32.6 Å². The van der Waals surface area contributed by atoms with Crippen LogP contribution in [-0.2, 0) is 4.79 Å². The molecule has 3 rings (SSSR count). The van der Waals surface area contributed by atoms with Crippen LogP contribution in [0, 0.1) is 12.5 Å². The van der Waals surface area contributed by atoms with Crippen molar-refractivity contribution in [1.82, 2.24) is 4.98 Å². The molecule has 1 aromatic carbocycles. The second-order valence-corrected chi connectivity index (χ2v) is 4.92. The Morgan fingerprint density at radius 2 is 2.21 bits per heavy atom. The Labute approximate surface area is 113 Å². The van der Waals surface area contributed by atoms with Crippen LogP contribution in [0.1, 0.15) is 38.2 Å². The normalized spacial score (nSPS) is 21.8. The van der Waals surface area contributed by atoms with E-state index in [0.29, 0.717) is 11.6 Å². The molecule has 1 aliphatic carbocycles. The molecule has 0 aliphatic heterocycles. The van der Waals surface area contributed by atoms with Gasteiger partial charge in [-0.1, -0.05) is 19.9 Å². The van der Waals surface area contributed by atoms with E-state index < -0.39 is 0 Å². The summed E-state index contributed by atoms with van der Waals surface area (Å²) in [6, 6.07) is 5.69. The molecule has 0 unspecified atom stereocenters. The molecule has 1 saturated carbocycles. The number of hydrogen-bond donors (Lipinski definition) is 1. The van der Waals surface area contributed by atoms with Crippen LogP contribution >= 0.6 is 0 Å². The molecule has 0 saturated heterocycles. The van der Waals surface area contributed by atoms with Gasteiger partial charge >= 0.3 is 0 Å². The summed E-state index contributed by atoms with van der Waals surface area (Å²) in [5, 5.41) is 1.10. The zero-order valence-corrected chi connectivity index (χ0v) is 10.0. The van der Waals surface area contributed by atoms with Gasteiger partial charge in [-0.3, -0.25) is 0 Å². The van der Waals surface area contributed by atoms with E-state index in [9.17, 15) is 4.79 Å².